The molecule has 1 aromatic heterocycles. The number of benzene rings is 1. The van der Waals surface area contributed by atoms with Gasteiger partial charge in [-0.2, -0.15) is 4.98 Å². The van der Waals surface area contributed by atoms with Crippen molar-refractivity contribution in [2.45, 2.75) is 26.0 Å². The molecular formula is C16H21N3O3. The molecule has 3 rings (SSSR count). The maximum absolute atomic E-state index is 9.64. The van der Waals surface area contributed by atoms with Crippen LogP contribution >= 0.6 is 0 Å². The molecule has 2 heterocycles. The monoisotopic (exact) mass is 303 g/mol. The minimum Gasteiger partial charge on any atom is -0.497 e. The molecule has 1 aliphatic heterocycles. The third kappa shape index (κ3) is 3.28. The Bertz CT molecular complexity index is 609. The van der Waals surface area contributed by atoms with Gasteiger partial charge in [-0.1, -0.05) is 5.16 Å². The Kier molecular flexibility index (Phi) is 4.40. The van der Waals surface area contributed by atoms with Gasteiger partial charge in [0.1, 0.15) is 5.75 Å². The van der Waals surface area contributed by atoms with Crippen LogP contribution in [0.15, 0.2) is 28.8 Å². The first kappa shape index (κ1) is 15.0. The van der Waals surface area contributed by atoms with E-state index in [1.165, 1.54) is 0 Å². The summed E-state index contributed by atoms with van der Waals surface area (Å²) in [6.45, 7) is 4.31. The summed E-state index contributed by atoms with van der Waals surface area (Å²) < 4.78 is 10.5. The molecule has 2 unspecified atom stereocenters. The van der Waals surface area contributed by atoms with E-state index >= 15 is 0 Å². The minimum atomic E-state index is -0.262. The van der Waals surface area contributed by atoms with Crippen molar-refractivity contribution < 1.29 is 14.4 Å². The summed E-state index contributed by atoms with van der Waals surface area (Å²) in [5.74, 6) is 2.33. The lowest BCUT2D eigenvalue weighted by atomic mass is 10.0. The molecule has 0 spiro atoms. The molecule has 0 saturated carbocycles. The summed E-state index contributed by atoms with van der Waals surface area (Å²) in [5, 5.41) is 13.7. The molecule has 0 radical (unpaired) electrons. The van der Waals surface area contributed by atoms with E-state index in [0.29, 0.717) is 24.2 Å². The smallest absolute Gasteiger partial charge is 0.241 e. The lowest BCUT2D eigenvalue weighted by molar-refractivity contribution is 0.125. The lowest BCUT2D eigenvalue weighted by Gasteiger charge is -2.15. The molecular weight excluding hydrogens is 282 g/mol. The summed E-state index contributed by atoms with van der Waals surface area (Å²) in [5.41, 5.74) is 0.902. The largest absolute Gasteiger partial charge is 0.497 e. The van der Waals surface area contributed by atoms with Crippen molar-refractivity contribution in [2.75, 3.05) is 20.2 Å². The fourth-order valence-corrected chi connectivity index (χ4v) is 2.77. The molecule has 6 heteroatoms. The van der Waals surface area contributed by atoms with Crippen LogP contribution < -0.4 is 4.74 Å². The summed E-state index contributed by atoms with van der Waals surface area (Å²) in [6.07, 6.45) is 0.750. The highest BCUT2D eigenvalue weighted by atomic mass is 16.5. The van der Waals surface area contributed by atoms with Crippen molar-refractivity contribution in [1.82, 2.24) is 15.0 Å². The molecule has 2 aromatic rings. The highest BCUT2D eigenvalue weighted by Gasteiger charge is 2.27. The van der Waals surface area contributed by atoms with Gasteiger partial charge in [0.2, 0.25) is 11.7 Å². The van der Waals surface area contributed by atoms with E-state index < -0.39 is 0 Å². The van der Waals surface area contributed by atoms with Gasteiger partial charge in [0.05, 0.1) is 19.8 Å². The van der Waals surface area contributed by atoms with Gasteiger partial charge in [0, 0.05) is 12.1 Å². The Morgan fingerprint density at radius 3 is 2.82 bits per heavy atom. The molecule has 1 saturated heterocycles. The molecule has 2 atom stereocenters. The van der Waals surface area contributed by atoms with Gasteiger partial charge in [-0.15, -0.1) is 0 Å². The molecule has 1 aromatic carbocycles. The van der Waals surface area contributed by atoms with Gasteiger partial charge in [0.15, 0.2) is 0 Å². The Morgan fingerprint density at radius 2 is 2.18 bits per heavy atom. The van der Waals surface area contributed by atoms with Crippen LogP contribution in [0.3, 0.4) is 0 Å². The molecule has 6 nitrogen and oxygen atoms in total. The fourth-order valence-electron chi connectivity index (χ4n) is 2.77. The molecule has 22 heavy (non-hydrogen) atoms. The predicted molar refractivity (Wildman–Crippen MR) is 81.4 cm³/mol. The molecule has 0 bridgehead atoms. The summed E-state index contributed by atoms with van der Waals surface area (Å²) in [6, 6.07) is 7.57. The van der Waals surface area contributed by atoms with Crippen molar-refractivity contribution in [2.24, 2.45) is 5.92 Å². The number of aromatic nitrogens is 2. The van der Waals surface area contributed by atoms with E-state index in [0.717, 1.165) is 30.8 Å². The molecule has 0 amide bonds. The highest BCUT2D eigenvalue weighted by molar-refractivity contribution is 5.55. The van der Waals surface area contributed by atoms with Crippen LogP contribution in [0.2, 0.25) is 0 Å². The Hall–Kier alpha value is -1.92. The lowest BCUT2D eigenvalue weighted by Crippen LogP contribution is -2.24. The molecule has 1 N–H and O–H groups in total. The number of hydrogen-bond acceptors (Lipinski definition) is 6. The average Bonchev–Trinajstić information content (AvgIpc) is 3.17. The van der Waals surface area contributed by atoms with E-state index in [9.17, 15) is 5.11 Å². The van der Waals surface area contributed by atoms with Crippen molar-refractivity contribution >= 4 is 0 Å². The van der Waals surface area contributed by atoms with Crippen molar-refractivity contribution in [3.63, 3.8) is 0 Å². The van der Waals surface area contributed by atoms with Crippen molar-refractivity contribution in [3.05, 3.63) is 30.2 Å². The second-order valence-electron chi connectivity index (χ2n) is 5.76. The number of aliphatic hydroxyl groups is 1. The molecule has 1 aliphatic rings. The second kappa shape index (κ2) is 6.46. The Labute approximate surface area is 129 Å². The first-order valence-corrected chi connectivity index (χ1v) is 7.53. The van der Waals surface area contributed by atoms with Crippen molar-refractivity contribution in [3.8, 4) is 17.1 Å². The van der Waals surface area contributed by atoms with E-state index in [1.807, 2.05) is 31.2 Å². The number of methoxy groups -OCH3 is 1. The first-order chi connectivity index (χ1) is 10.7. The number of likely N-dealkylation sites (tertiary alicyclic amines) is 1. The minimum absolute atomic E-state index is 0.262. The second-order valence-corrected chi connectivity index (χ2v) is 5.76. The van der Waals surface area contributed by atoms with Crippen LogP contribution in [0.1, 0.15) is 19.2 Å². The Morgan fingerprint density at radius 1 is 1.41 bits per heavy atom. The maximum Gasteiger partial charge on any atom is 0.241 e. The fraction of sp³-hybridized carbons (Fsp3) is 0.500. The third-order valence-corrected chi connectivity index (χ3v) is 4.17. The van der Waals surface area contributed by atoms with E-state index in [1.54, 1.807) is 7.11 Å². The van der Waals surface area contributed by atoms with Crippen LogP contribution in [0, 0.1) is 5.92 Å². The average molecular weight is 303 g/mol. The molecule has 118 valence electrons. The number of rotatable bonds is 5. The van der Waals surface area contributed by atoms with Gasteiger partial charge in [-0.3, -0.25) is 4.90 Å². The van der Waals surface area contributed by atoms with Gasteiger partial charge < -0.3 is 14.4 Å². The SMILES string of the molecule is COc1ccc(-c2noc(CN3CCC(C(C)O)C3)n2)cc1. The van der Waals surface area contributed by atoms with Crippen LogP contribution in [-0.2, 0) is 6.54 Å². The van der Waals surface area contributed by atoms with Crippen LogP contribution in [0.5, 0.6) is 5.75 Å². The van der Waals surface area contributed by atoms with Crippen LogP contribution in [0.4, 0.5) is 0 Å². The third-order valence-electron chi connectivity index (χ3n) is 4.17. The summed E-state index contributed by atoms with van der Waals surface area (Å²) >= 11 is 0. The van der Waals surface area contributed by atoms with Crippen LogP contribution in [-0.4, -0.2) is 46.5 Å². The standard InChI is InChI=1S/C16H21N3O3/c1-11(20)13-7-8-19(9-13)10-15-17-16(18-22-15)12-3-5-14(21-2)6-4-12/h3-6,11,13,20H,7-10H2,1-2H3. The van der Waals surface area contributed by atoms with Gasteiger partial charge in [0.25, 0.3) is 0 Å². The van der Waals surface area contributed by atoms with E-state index in [-0.39, 0.29) is 6.10 Å². The normalized spacial score (nSPS) is 20.2. The predicted octanol–water partition coefficient (Wildman–Crippen LogP) is 1.95. The number of aliphatic hydroxyl groups excluding tert-OH is 1. The molecule has 1 fully saturated rings. The van der Waals surface area contributed by atoms with E-state index in [4.69, 9.17) is 9.26 Å². The number of ether oxygens (including phenoxy) is 1. The summed E-state index contributed by atoms with van der Waals surface area (Å²) in [7, 11) is 1.64. The zero-order valence-corrected chi connectivity index (χ0v) is 12.9. The van der Waals surface area contributed by atoms with E-state index in [2.05, 4.69) is 15.0 Å². The van der Waals surface area contributed by atoms with Crippen LogP contribution in [0.25, 0.3) is 11.4 Å². The zero-order valence-electron chi connectivity index (χ0n) is 12.9. The highest BCUT2D eigenvalue weighted by Crippen LogP contribution is 2.23. The van der Waals surface area contributed by atoms with Crippen molar-refractivity contribution in [1.29, 1.82) is 0 Å². The summed E-state index contributed by atoms with van der Waals surface area (Å²) in [4.78, 5) is 6.69. The molecule has 0 aliphatic carbocycles. The quantitative estimate of drug-likeness (QED) is 0.910. The van der Waals surface area contributed by atoms with Gasteiger partial charge in [-0.05, 0) is 50.1 Å². The topological polar surface area (TPSA) is 71.6 Å². The zero-order chi connectivity index (χ0) is 15.5. The van der Waals surface area contributed by atoms with Gasteiger partial charge in [-0.25, -0.2) is 0 Å². The number of hydrogen-bond donors (Lipinski definition) is 1. The van der Waals surface area contributed by atoms with Gasteiger partial charge >= 0.3 is 0 Å². The number of nitrogens with zero attached hydrogens (tertiary/aromatic N) is 3. The maximum atomic E-state index is 9.64. The first-order valence-electron chi connectivity index (χ1n) is 7.53. The Balaban J connectivity index is 1.64.